The number of rotatable bonds is 6. The van der Waals surface area contributed by atoms with E-state index in [4.69, 9.17) is 23.2 Å². The van der Waals surface area contributed by atoms with Crippen LogP contribution in [0.2, 0.25) is 10.0 Å². The summed E-state index contributed by atoms with van der Waals surface area (Å²) >= 11 is 11.7. The highest BCUT2D eigenvalue weighted by molar-refractivity contribution is 7.92. The number of sulfonamides is 1. The second kappa shape index (κ2) is 8.86. The molecule has 0 spiro atoms. The van der Waals surface area contributed by atoms with Gasteiger partial charge in [-0.1, -0.05) is 35.3 Å². The number of hydrogen-bond acceptors (Lipinski definition) is 3. The van der Waals surface area contributed by atoms with E-state index in [0.717, 1.165) is 9.87 Å². The molecule has 0 aliphatic carbocycles. The Morgan fingerprint density at radius 3 is 1.93 bits per heavy atom. The van der Waals surface area contributed by atoms with Crippen molar-refractivity contribution >= 4 is 44.8 Å². The zero-order chi connectivity index (χ0) is 21.0. The van der Waals surface area contributed by atoms with Crippen LogP contribution in [0.15, 0.2) is 77.7 Å². The number of hydrogen-bond donors (Lipinski definition) is 1. The molecule has 0 saturated heterocycles. The lowest BCUT2D eigenvalue weighted by Crippen LogP contribution is -2.27. The van der Waals surface area contributed by atoms with Crippen LogP contribution in [0.1, 0.15) is 15.9 Å². The first-order valence-electron chi connectivity index (χ1n) is 8.64. The average molecular weight is 449 g/mol. The summed E-state index contributed by atoms with van der Waals surface area (Å²) in [7, 11) is -2.27. The van der Waals surface area contributed by atoms with Gasteiger partial charge in [-0.25, -0.2) is 8.42 Å². The Balaban J connectivity index is 1.69. The molecule has 0 saturated carbocycles. The first-order valence-corrected chi connectivity index (χ1v) is 10.8. The third-order valence-electron chi connectivity index (χ3n) is 4.33. The van der Waals surface area contributed by atoms with Gasteiger partial charge in [0.2, 0.25) is 0 Å². The lowest BCUT2D eigenvalue weighted by Gasteiger charge is -2.19. The summed E-state index contributed by atoms with van der Waals surface area (Å²) in [5.41, 5.74) is 1.79. The van der Waals surface area contributed by atoms with Gasteiger partial charge in [-0.3, -0.25) is 9.10 Å². The predicted molar refractivity (Wildman–Crippen MR) is 116 cm³/mol. The van der Waals surface area contributed by atoms with Crippen LogP contribution in [0.25, 0.3) is 0 Å². The molecular weight excluding hydrogens is 431 g/mol. The quantitative estimate of drug-likeness (QED) is 0.591. The average Bonchev–Trinajstić information content (AvgIpc) is 2.73. The second-order valence-corrected chi connectivity index (χ2v) is 9.12. The van der Waals surface area contributed by atoms with Crippen molar-refractivity contribution in [2.24, 2.45) is 0 Å². The predicted octanol–water partition coefficient (Wildman–Crippen LogP) is 4.75. The van der Waals surface area contributed by atoms with Crippen molar-refractivity contribution in [1.82, 2.24) is 5.32 Å². The van der Waals surface area contributed by atoms with Crippen molar-refractivity contribution in [3.63, 3.8) is 0 Å². The molecule has 3 aromatic carbocycles. The molecule has 29 heavy (non-hydrogen) atoms. The van der Waals surface area contributed by atoms with Crippen LogP contribution in [0.3, 0.4) is 0 Å². The fourth-order valence-electron chi connectivity index (χ4n) is 2.61. The van der Waals surface area contributed by atoms with Crippen molar-refractivity contribution in [1.29, 1.82) is 0 Å². The number of nitrogens with zero attached hydrogens (tertiary/aromatic N) is 1. The van der Waals surface area contributed by atoms with Crippen LogP contribution in [-0.2, 0) is 16.6 Å². The molecule has 0 aliphatic heterocycles. The highest BCUT2D eigenvalue weighted by Crippen LogP contribution is 2.23. The maximum Gasteiger partial charge on any atom is 0.264 e. The summed E-state index contributed by atoms with van der Waals surface area (Å²) < 4.78 is 26.6. The molecule has 0 aliphatic rings. The Bertz CT molecular complexity index is 1100. The van der Waals surface area contributed by atoms with Gasteiger partial charge >= 0.3 is 0 Å². The van der Waals surface area contributed by atoms with Gasteiger partial charge in [0.05, 0.1) is 10.6 Å². The van der Waals surface area contributed by atoms with Crippen LogP contribution >= 0.6 is 23.2 Å². The van der Waals surface area contributed by atoms with Gasteiger partial charge in [0.1, 0.15) is 0 Å². The van der Waals surface area contributed by atoms with E-state index in [1.165, 1.54) is 31.3 Å². The normalized spacial score (nSPS) is 11.1. The SMILES string of the molecule is CN(c1ccc(C(=O)NCc2ccc(Cl)cc2)cc1)S(=O)(=O)c1ccc(Cl)cc1. The summed E-state index contributed by atoms with van der Waals surface area (Å²) in [4.78, 5) is 12.5. The van der Waals surface area contributed by atoms with Crippen LogP contribution in [0.5, 0.6) is 0 Å². The molecule has 0 fully saturated rings. The topological polar surface area (TPSA) is 66.5 Å². The van der Waals surface area contributed by atoms with Crippen LogP contribution in [0.4, 0.5) is 5.69 Å². The van der Waals surface area contributed by atoms with Gasteiger partial charge in [-0.15, -0.1) is 0 Å². The molecule has 3 rings (SSSR count). The molecule has 0 aromatic heterocycles. The van der Waals surface area contributed by atoms with Crippen molar-refractivity contribution in [3.05, 3.63) is 94.0 Å². The van der Waals surface area contributed by atoms with E-state index in [2.05, 4.69) is 5.32 Å². The summed E-state index contributed by atoms with van der Waals surface area (Å²) in [5, 5.41) is 3.91. The molecular formula is C21H18Cl2N2O3S. The number of carbonyl (C=O) groups is 1. The van der Waals surface area contributed by atoms with E-state index in [0.29, 0.717) is 27.8 Å². The summed E-state index contributed by atoms with van der Waals surface area (Å²) in [6.45, 7) is 0.364. The van der Waals surface area contributed by atoms with Crippen LogP contribution in [0, 0.1) is 0 Å². The van der Waals surface area contributed by atoms with Crippen molar-refractivity contribution in [2.45, 2.75) is 11.4 Å². The van der Waals surface area contributed by atoms with E-state index >= 15 is 0 Å². The zero-order valence-electron chi connectivity index (χ0n) is 15.5. The lowest BCUT2D eigenvalue weighted by molar-refractivity contribution is 0.0951. The summed E-state index contributed by atoms with van der Waals surface area (Å²) in [5.74, 6) is -0.255. The number of halogens is 2. The van der Waals surface area contributed by atoms with Gasteiger partial charge in [-0.05, 0) is 66.2 Å². The smallest absolute Gasteiger partial charge is 0.264 e. The minimum atomic E-state index is -3.73. The van der Waals surface area contributed by atoms with Crippen molar-refractivity contribution in [2.75, 3.05) is 11.4 Å². The van der Waals surface area contributed by atoms with Crippen LogP contribution in [-0.4, -0.2) is 21.4 Å². The Labute approximate surface area is 179 Å². The third kappa shape index (κ3) is 5.09. The molecule has 0 radical (unpaired) electrons. The highest BCUT2D eigenvalue weighted by atomic mass is 35.5. The van der Waals surface area contributed by atoms with Gasteiger partial charge in [0.15, 0.2) is 0 Å². The maximum absolute atomic E-state index is 12.7. The number of amides is 1. The Kier molecular flexibility index (Phi) is 6.47. The van der Waals surface area contributed by atoms with Crippen molar-refractivity contribution < 1.29 is 13.2 Å². The molecule has 0 bridgehead atoms. The molecule has 1 amide bonds. The van der Waals surface area contributed by atoms with E-state index in [-0.39, 0.29) is 10.8 Å². The maximum atomic E-state index is 12.7. The largest absolute Gasteiger partial charge is 0.348 e. The van der Waals surface area contributed by atoms with Crippen molar-refractivity contribution in [3.8, 4) is 0 Å². The zero-order valence-corrected chi connectivity index (χ0v) is 17.8. The van der Waals surface area contributed by atoms with Crippen LogP contribution < -0.4 is 9.62 Å². The first-order chi connectivity index (χ1) is 13.8. The Hall–Kier alpha value is -2.54. The minimum absolute atomic E-state index is 0.134. The van der Waals surface area contributed by atoms with E-state index in [9.17, 15) is 13.2 Å². The van der Waals surface area contributed by atoms with Gasteiger partial charge in [-0.2, -0.15) is 0 Å². The van der Waals surface area contributed by atoms with Gasteiger partial charge in [0.25, 0.3) is 15.9 Å². The third-order valence-corrected chi connectivity index (χ3v) is 6.64. The molecule has 1 N–H and O–H groups in total. The number of benzene rings is 3. The second-order valence-electron chi connectivity index (χ2n) is 6.28. The van der Waals surface area contributed by atoms with E-state index in [1.54, 1.807) is 36.4 Å². The molecule has 0 atom stereocenters. The molecule has 150 valence electrons. The number of anilines is 1. The standard InChI is InChI=1S/C21H18Cl2N2O3S/c1-25(29(27,28)20-12-8-18(23)9-13-20)19-10-4-16(5-11-19)21(26)24-14-15-2-6-17(22)7-3-15/h2-13H,14H2,1H3,(H,24,26). The number of carbonyl (C=O) groups excluding carboxylic acids is 1. The fraction of sp³-hybridized carbons (Fsp3) is 0.0952. The Morgan fingerprint density at radius 1 is 0.862 bits per heavy atom. The van der Waals surface area contributed by atoms with E-state index < -0.39 is 10.0 Å². The minimum Gasteiger partial charge on any atom is -0.348 e. The lowest BCUT2D eigenvalue weighted by atomic mass is 10.2. The molecule has 5 nitrogen and oxygen atoms in total. The molecule has 0 heterocycles. The first kappa shape index (κ1) is 21.2. The molecule has 0 unspecified atom stereocenters. The summed E-state index contributed by atoms with van der Waals surface area (Å²) in [6, 6.07) is 19.5. The van der Waals surface area contributed by atoms with Gasteiger partial charge in [0, 0.05) is 29.2 Å². The molecule has 3 aromatic rings. The molecule has 8 heteroatoms. The summed E-state index contributed by atoms with van der Waals surface area (Å²) in [6.07, 6.45) is 0. The Morgan fingerprint density at radius 2 is 1.38 bits per heavy atom. The highest BCUT2D eigenvalue weighted by Gasteiger charge is 2.21. The van der Waals surface area contributed by atoms with E-state index in [1.807, 2.05) is 12.1 Å². The monoisotopic (exact) mass is 448 g/mol. The number of nitrogens with one attached hydrogen (secondary N) is 1. The van der Waals surface area contributed by atoms with Gasteiger partial charge < -0.3 is 5.32 Å². The fourth-order valence-corrected chi connectivity index (χ4v) is 4.06.